The molecule has 0 aliphatic rings. The van der Waals surface area contributed by atoms with E-state index in [1.807, 2.05) is 36.4 Å². The fraction of sp³-hybridized carbons (Fsp3) is 0.154. The maximum atomic E-state index is 13.3. The number of halogens is 2. The van der Waals surface area contributed by atoms with Gasteiger partial charge in [0.25, 0.3) is 0 Å². The zero-order valence-corrected chi connectivity index (χ0v) is 22.4. The van der Waals surface area contributed by atoms with Gasteiger partial charge >= 0.3 is 0 Å². The topological polar surface area (TPSA) is 91.4 Å². The molecular weight excluding hydrogens is 564 g/mol. The second-order valence-electron chi connectivity index (χ2n) is 8.01. The SMILES string of the molecule is O=C(CN(Cc1ccc(Br)cc1)S(=O)(=O)c1ccccc1)NCCNc1ccnc2cc(Cl)ccc12. The largest absolute Gasteiger partial charge is 0.383 e. The van der Waals surface area contributed by atoms with Gasteiger partial charge in [0.05, 0.1) is 17.0 Å². The van der Waals surface area contributed by atoms with Crippen molar-refractivity contribution in [2.24, 2.45) is 0 Å². The van der Waals surface area contributed by atoms with Gasteiger partial charge < -0.3 is 10.6 Å². The van der Waals surface area contributed by atoms with Gasteiger partial charge in [0, 0.05) is 46.4 Å². The maximum Gasteiger partial charge on any atom is 0.243 e. The molecule has 0 aliphatic carbocycles. The Balaban J connectivity index is 1.40. The summed E-state index contributed by atoms with van der Waals surface area (Å²) in [7, 11) is -3.88. The first kappa shape index (κ1) is 26.1. The first-order valence-corrected chi connectivity index (χ1v) is 13.8. The molecule has 3 aromatic carbocycles. The van der Waals surface area contributed by atoms with Gasteiger partial charge in [-0.3, -0.25) is 9.78 Å². The lowest BCUT2D eigenvalue weighted by molar-refractivity contribution is -0.121. The summed E-state index contributed by atoms with van der Waals surface area (Å²) in [5.41, 5.74) is 2.41. The third-order valence-electron chi connectivity index (χ3n) is 5.44. The van der Waals surface area contributed by atoms with Crippen LogP contribution >= 0.6 is 27.5 Å². The molecule has 4 rings (SSSR count). The standard InChI is InChI=1S/C26H24BrClN4O3S/c27-20-8-6-19(7-9-20)17-32(36(34,35)22-4-2-1-3-5-22)18-26(33)31-15-14-30-24-12-13-29-25-16-21(28)10-11-23(24)25/h1-13,16H,14-15,17-18H2,(H,29,30)(H,31,33). The molecule has 7 nitrogen and oxygen atoms in total. The van der Waals surface area contributed by atoms with Gasteiger partial charge in [-0.15, -0.1) is 0 Å². The number of pyridine rings is 1. The van der Waals surface area contributed by atoms with Crippen LogP contribution in [-0.2, 0) is 21.4 Å². The van der Waals surface area contributed by atoms with Crippen molar-refractivity contribution in [3.63, 3.8) is 0 Å². The highest BCUT2D eigenvalue weighted by Crippen LogP contribution is 2.24. The van der Waals surface area contributed by atoms with E-state index < -0.39 is 10.0 Å². The molecule has 4 aromatic rings. The summed E-state index contributed by atoms with van der Waals surface area (Å²) in [6.07, 6.45) is 1.69. The van der Waals surface area contributed by atoms with Gasteiger partial charge in [-0.25, -0.2) is 8.42 Å². The minimum absolute atomic E-state index is 0.0712. The van der Waals surface area contributed by atoms with Crippen LogP contribution < -0.4 is 10.6 Å². The molecule has 1 amide bonds. The van der Waals surface area contributed by atoms with Gasteiger partial charge in [-0.2, -0.15) is 4.31 Å². The van der Waals surface area contributed by atoms with Crippen LogP contribution in [0.2, 0.25) is 5.02 Å². The van der Waals surface area contributed by atoms with E-state index in [4.69, 9.17) is 11.6 Å². The number of anilines is 1. The van der Waals surface area contributed by atoms with Crippen molar-refractivity contribution in [3.05, 3.63) is 100 Å². The van der Waals surface area contributed by atoms with Crippen molar-refractivity contribution in [2.75, 3.05) is 25.0 Å². The van der Waals surface area contributed by atoms with E-state index in [9.17, 15) is 13.2 Å². The first-order valence-electron chi connectivity index (χ1n) is 11.2. The van der Waals surface area contributed by atoms with Crippen LogP contribution in [0.25, 0.3) is 10.9 Å². The molecule has 1 aromatic heterocycles. The molecular formula is C26H24BrClN4O3S. The summed E-state index contributed by atoms with van der Waals surface area (Å²) in [6, 6.07) is 22.8. The molecule has 1 heterocycles. The Bertz CT molecular complexity index is 1450. The monoisotopic (exact) mass is 586 g/mol. The molecule has 0 aliphatic heterocycles. The minimum atomic E-state index is -3.88. The van der Waals surface area contributed by atoms with Gasteiger partial charge in [0.15, 0.2) is 0 Å². The predicted octanol–water partition coefficient (Wildman–Crippen LogP) is 5.07. The summed E-state index contributed by atoms with van der Waals surface area (Å²) in [6.45, 7) is 0.533. The number of fused-ring (bicyclic) bond motifs is 1. The van der Waals surface area contributed by atoms with Crippen LogP contribution in [0.15, 0.2) is 94.4 Å². The van der Waals surface area contributed by atoms with E-state index in [1.54, 1.807) is 36.5 Å². The molecule has 186 valence electrons. The van der Waals surface area contributed by atoms with Crippen molar-refractivity contribution in [2.45, 2.75) is 11.4 Å². The summed E-state index contributed by atoms with van der Waals surface area (Å²) in [5.74, 6) is -0.389. The molecule has 0 radical (unpaired) electrons. The van der Waals surface area contributed by atoms with E-state index in [0.29, 0.717) is 18.1 Å². The minimum Gasteiger partial charge on any atom is -0.383 e. The third-order valence-corrected chi connectivity index (χ3v) is 8.01. The Morgan fingerprint density at radius 1 is 0.972 bits per heavy atom. The normalized spacial score (nSPS) is 11.5. The van der Waals surface area contributed by atoms with Crippen molar-refractivity contribution >= 4 is 60.1 Å². The lowest BCUT2D eigenvalue weighted by Gasteiger charge is -2.22. The Labute approximate surface area is 223 Å². The highest BCUT2D eigenvalue weighted by Gasteiger charge is 2.26. The summed E-state index contributed by atoms with van der Waals surface area (Å²) < 4.78 is 28.7. The number of amides is 1. The fourth-order valence-corrected chi connectivity index (χ4v) is 5.49. The number of sulfonamides is 1. The zero-order valence-electron chi connectivity index (χ0n) is 19.2. The highest BCUT2D eigenvalue weighted by molar-refractivity contribution is 9.10. The molecule has 0 saturated carbocycles. The second-order valence-corrected chi connectivity index (χ2v) is 11.3. The number of hydrogen-bond acceptors (Lipinski definition) is 5. The Morgan fingerprint density at radius 2 is 1.72 bits per heavy atom. The van der Waals surface area contributed by atoms with Crippen molar-refractivity contribution < 1.29 is 13.2 Å². The third kappa shape index (κ3) is 6.61. The molecule has 0 spiro atoms. The number of hydrogen-bond donors (Lipinski definition) is 2. The van der Waals surface area contributed by atoms with Gasteiger partial charge in [-0.1, -0.05) is 57.9 Å². The number of carbonyl (C=O) groups is 1. The van der Waals surface area contributed by atoms with Crippen LogP contribution in [0.5, 0.6) is 0 Å². The second kappa shape index (κ2) is 11.8. The molecule has 10 heteroatoms. The van der Waals surface area contributed by atoms with E-state index in [0.717, 1.165) is 26.6 Å². The van der Waals surface area contributed by atoms with Crippen LogP contribution in [0, 0.1) is 0 Å². The van der Waals surface area contributed by atoms with Crippen LogP contribution in [-0.4, -0.2) is 43.2 Å². The molecule has 0 saturated heterocycles. The first-order chi connectivity index (χ1) is 17.3. The molecule has 0 bridgehead atoms. The lowest BCUT2D eigenvalue weighted by atomic mass is 10.2. The maximum absolute atomic E-state index is 13.3. The van der Waals surface area contributed by atoms with E-state index in [2.05, 4.69) is 31.5 Å². The van der Waals surface area contributed by atoms with Gasteiger partial charge in [-0.05, 0) is 54.1 Å². The smallest absolute Gasteiger partial charge is 0.243 e. The number of nitrogens with zero attached hydrogens (tertiary/aromatic N) is 2. The number of aromatic nitrogens is 1. The Hall–Kier alpha value is -2.98. The van der Waals surface area contributed by atoms with Crippen molar-refractivity contribution in [1.29, 1.82) is 0 Å². The van der Waals surface area contributed by atoms with Crippen molar-refractivity contribution in [3.8, 4) is 0 Å². The average Bonchev–Trinajstić information content (AvgIpc) is 2.88. The van der Waals surface area contributed by atoms with E-state index >= 15 is 0 Å². The van der Waals surface area contributed by atoms with E-state index in [-0.39, 0.29) is 23.9 Å². The highest BCUT2D eigenvalue weighted by atomic mass is 79.9. The van der Waals surface area contributed by atoms with Crippen LogP contribution in [0.1, 0.15) is 5.56 Å². The summed E-state index contributed by atoms with van der Waals surface area (Å²) in [5, 5.41) is 7.62. The number of nitrogens with one attached hydrogen (secondary N) is 2. The number of rotatable bonds is 10. The fourth-order valence-electron chi connectivity index (χ4n) is 3.65. The lowest BCUT2D eigenvalue weighted by Crippen LogP contribution is -2.41. The molecule has 0 fully saturated rings. The van der Waals surface area contributed by atoms with E-state index in [1.165, 1.54) is 16.4 Å². The predicted molar refractivity (Wildman–Crippen MR) is 146 cm³/mol. The zero-order chi connectivity index (χ0) is 25.5. The Morgan fingerprint density at radius 3 is 2.47 bits per heavy atom. The average molecular weight is 588 g/mol. The molecule has 0 unspecified atom stereocenters. The number of benzene rings is 3. The van der Waals surface area contributed by atoms with Crippen molar-refractivity contribution in [1.82, 2.24) is 14.6 Å². The molecule has 2 N–H and O–H groups in total. The summed E-state index contributed by atoms with van der Waals surface area (Å²) >= 11 is 9.43. The van der Waals surface area contributed by atoms with Crippen LogP contribution in [0.3, 0.4) is 0 Å². The molecule has 36 heavy (non-hydrogen) atoms. The van der Waals surface area contributed by atoms with Gasteiger partial charge in [0.1, 0.15) is 0 Å². The Kier molecular flexibility index (Phi) is 8.58. The molecule has 0 atom stereocenters. The summed E-state index contributed by atoms with van der Waals surface area (Å²) in [4.78, 5) is 17.2. The van der Waals surface area contributed by atoms with Crippen LogP contribution in [0.4, 0.5) is 5.69 Å². The number of carbonyl (C=O) groups excluding carboxylic acids is 1. The van der Waals surface area contributed by atoms with Gasteiger partial charge in [0.2, 0.25) is 15.9 Å². The quantitative estimate of drug-likeness (QED) is 0.253.